The number of halogens is 2. The van der Waals surface area contributed by atoms with Crippen LogP contribution >= 0.6 is 15.9 Å². The number of aromatic nitrogens is 2. The van der Waals surface area contributed by atoms with Gasteiger partial charge < -0.3 is 9.84 Å². The molecule has 1 aliphatic rings. The van der Waals surface area contributed by atoms with Crippen LogP contribution < -0.4 is 5.32 Å². The predicted molar refractivity (Wildman–Crippen MR) is 76.7 cm³/mol. The van der Waals surface area contributed by atoms with Crippen LogP contribution in [0, 0.1) is 11.7 Å². The van der Waals surface area contributed by atoms with E-state index in [4.69, 9.17) is 4.52 Å². The zero-order valence-electron chi connectivity index (χ0n) is 10.9. The van der Waals surface area contributed by atoms with E-state index in [2.05, 4.69) is 31.4 Å². The van der Waals surface area contributed by atoms with Crippen molar-refractivity contribution in [3.05, 3.63) is 34.4 Å². The lowest BCUT2D eigenvalue weighted by molar-refractivity contribution is 0.316. The molecule has 2 aromatic rings. The van der Waals surface area contributed by atoms with Crippen molar-refractivity contribution in [3.63, 3.8) is 0 Å². The fraction of sp³-hybridized carbons (Fsp3) is 0.429. The number of nitrogens with zero attached hydrogens (tertiary/aromatic N) is 2. The summed E-state index contributed by atoms with van der Waals surface area (Å²) in [6.07, 6.45) is 3.17. The third kappa shape index (κ3) is 3.07. The van der Waals surface area contributed by atoms with Gasteiger partial charge in [-0.05, 0) is 66.0 Å². The first-order valence-electron chi connectivity index (χ1n) is 6.71. The number of rotatable bonds is 3. The van der Waals surface area contributed by atoms with Crippen LogP contribution in [0.5, 0.6) is 0 Å². The highest BCUT2D eigenvalue weighted by atomic mass is 79.9. The average molecular weight is 340 g/mol. The van der Waals surface area contributed by atoms with Crippen LogP contribution in [0.15, 0.2) is 27.2 Å². The molecule has 6 heteroatoms. The topological polar surface area (TPSA) is 51.0 Å². The molecule has 1 saturated heterocycles. The lowest BCUT2D eigenvalue weighted by Gasteiger charge is -2.20. The van der Waals surface area contributed by atoms with Crippen molar-refractivity contribution in [2.24, 2.45) is 5.92 Å². The van der Waals surface area contributed by atoms with E-state index < -0.39 is 0 Å². The Labute approximate surface area is 124 Å². The summed E-state index contributed by atoms with van der Waals surface area (Å²) in [4.78, 5) is 4.40. The molecule has 0 radical (unpaired) electrons. The Bertz CT molecular complexity index is 596. The van der Waals surface area contributed by atoms with Gasteiger partial charge in [0.25, 0.3) is 0 Å². The van der Waals surface area contributed by atoms with E-state index in [9.17, 15) is 4.39 Å². The minimum Gasteiger partial charge on any atom is -0.339 e. The second-order valence-electron chi connectivity index (χ2n) is 5.06. The average Bonchev–Trinajstić information content (AvgIpc) is 2.91. The first kappa shape index (κ1) is 13.7. The molecule has 1 aromatic carbocycles. The Morgan fingerprint density at radius 2 is 2.35 bits per heavy atom. The smallest absolute Gasteiger partial charge is 0.227 e. The molecule has 2 heterocycles. The monoisotopic (exact) mass is 339 g/mol. The summed E-state index contributed by atoms with van der Waals surface area (Å²) in [6, 6.07) is 4.70. The highest BCUT2D eigenvalue weighted by molar-refractivity contribution is 9.10. The van der Waals surface area contributed by atoms with Crippen LogP contribution in [-0.2, 0) is 6.42 Å². The molecule has 106 valence electrons. The first-order chi connectivity index (χ1) is 9.72. The maximum absolute atomic E-state index is 13.2. The van der Waals surface area contributed by atoms with Gasteiger partial charge in [0.15, 0.2) is 0 Å². The van der Waals surface area contributed by atoms with Crippen LogP contribution in [0.2, 0.25) is 0 Å². The maximum atomic E-state index is 13.2. The zero-order valence-corrected chi connectivity index (χ0v) is 12.5. The molecular weight excluding hydrogens is 325 g/mol. The van der Waals surface area contributed by atoms with E-state index in [0.29, 0.717) is 22.1 Å². The van der Waals surface area contributed by atoms with Crippen LogP contribution in [-0.4, -0.2) is 23.2 Å². The van der Waals surface area contributed by atoms with Crippen LogP contribution in [0.3, 0.4) is 0 Å². The molecule has 1 atom stereocenters. The van der Waals surface area contributed by atoms with Gasteiger partial charge in [0.2, 0.25) is 11.7 Å². The van der Waals surface area contributed by atoms with Gasteiger partial charge in [-0.2, -0.15) is 4.98 Å². The minimum absolute atomic E-state index is 0.300. The molecular formula is C14H15BrFN3O. The normalized spacial score (nSPS) is 19.2. The number of benzene rings is 1. The Balaban J connectivity index is 1.73. The standard InChI is InChI=1S/C14H15BrFN3O/c15-11-7-10(3-4-12(11)16)14-18-13(20-19-14)6-9-2-1-5-17-8-9/h3-4,7,9,17H,1-2,5-6,8H2. The Hall–Kier alpha value is -1.27. The van der Waals surface area contributed by atoms with E-state index in [-0.39, 0.29) is 5.82 Å². The van der Waals surface area contributed by atoms with Gasteiger partial charge in [0, 0.05) is 12.0 Å². The Morgan fingerprint density at radius 3 is 3.10 bits per heavy atom. The zero-order chi connectivity index (χ0) is 13.9. The van der Waals surface area contributed by atoms with E-state index in [1.54, 1.807) is 12.1 Å². The molecule has 0 spiro atoms. The van der Waals surface area contributed by atoms with E-state index >= 15 is 0 Å². The molecule has 3 rings (SSSR count). The molecule has 1 aliphatic heterocycles. The number of nitrogens with one attached hydrogen (secondary N) is 1. The summed E-state index contributed by atoms with van der Waals surface area (Å²) in [5, 5.41) is 7.34. The Morgan fingerprint density at radius 1 is 1.45 bits per heavy atom. The molecule has 1 aromatic heterocycles. The summed E-state index contributed by atoms with van der Waals surface area (Å²) in [5.41, 5.74) is 0.745. The van der Waals surface area contributed by atoms with Crippen molar-refractivity contribution >= 4 is 15.9 Å². The largest absolute Gasteiger partial charge is 0.339 e. The van der Waals surface area contributed by atoms with Crippen molar-refractivity contribution in [1.29, 1.82) is 0 Å². The molecule has 0 bridgehead atoms. The third-order valence-electron chi connectivity index (χ3n) is 3.51. The molecule has 1 fully saturated rings. The first-order valence-corrected chi connectivity index (χ1v) is 7.50. The highest BCUT2D eigenvalue weighted by Gasteiger charge is 2.18. The summed E-state index contributed by atoms with van der Waals surface area (Å²) < 4.78 is 18.9. The Kier molecular flexibility index (Phi) is 4.12. The predicted octanol–water partition coefficient (Wildman–Crippen LogP) is 3.18. The van der Waals surface area contributed by atoms with E-state index in [0.717, 1.165) is 25.1 Å². The van der Waals surface area contributed by atoms with Crippen molar-refractivity contribution in [2.75, 3.05) is 13.1 Å². The quantitative estimate of drug-likeness (QED) is 0.932. The summed E-state index contributed by atoms with van der Waals surface area (Å²) >= 11 is 3.16. The molecule has 4 nitrogen and oxygen atoms in total. The summed E-state index contributed by atoms with van der Waals surface area (Å²) in [7, 11) is 0. The van der Waals surface area contributed by atoms with Gasteiger partial charge in [0.05, 0.1) is 4.47 Å². The van der Waals surface area contributed by atoms with Gasteiger partial charge in [-0.1, -0.05) is 5.16 Å². The highest BCUT2D eigenvalue weighted by Crippen LogP contribution is 2.24. The van der Waals surface area contributed by atoms with Crippen molar-refractivity contribution in [1.82, 2.24) is 15.5 Å². The van der Waals surface area contributed by atoms with Gasteiger partial charge in [-0.15, -0.1) is 0 Å². The molecule has 1 unspecified atom stereocenters. The van der Waals surface area contributed by atoms with Crippen LogP contribution in [0.4, 0.5) is 4.39 Å². The minimum atomic E-state index is -0.300. The molecule has 1 N–H and O–H groups in total. The van der Waals surface area contributed by atoms with Gasteiger partial charge in [0.1, 0.15) is 5.82 Å². The second-order valence-corrected chi connectivity index (χ2v) is 5.91. The number of hydrogen-bond donors (Lipinski definition) is 1. The van der Waals surface area contributed by atoms with Gasteiger partial charge >= 0.3 is 0 Å². The SMILES string of the molecule is Fc1ccc(-c2noc(CC3CCCNC3)n2)cc1Br. The number of hydrogen-bond acceptors (Lipinski definition) is 4. The van der Waals surface area contributed by atoms with Crippen molar-refractivity contribution in [3.8, 4) is 11.4 Å². The van der Waals surface area contributed by atoms with Crippen LogP contribution in [0.1, 0.15) is 18.7 Å². The lowest BCUT2D eigenvalue weighted by Crippen LogP contribution is -2.30. The summed E-state index contributed by atoms with van der Waals surface area (Å²) in [6.45, 7) is 2.09. The van der Waals surface area contributed by atoms with Gasteiger partial charge in [-0.3, -0.25) is 0 Å². The summed E-state index contributed by atoms with van der Waals surface area (Å²) in [5.74, 6) is 1.40. The third-order valence-corrected chi connectivity index (χ3v) is 4.12. The maximum Gasteiger partial charge on any atom is 0.227 e. The molecule has 0 amide bonds. The van der Waals surface area contributed by atoms with Gasteiger partial charge in [-0.25, -0.2) is 4.39 Å². The van der Waals surface area contributed by atoms with Crippen LogP contribution in [0.25, 0.3) is 11.4 Å². The molecule has 0 aliphatic carbocycles. The number of piperidine rings is 1. The molecule has 0 saturated carbocycles. The van der Waals surface area contributed by atoms with Crippen molar-refractivity contribution in [2.45, 2.75) is 19.3 Å². The fourth-order valence-corrected chi connectivity index (χ4v) is 2.81. The second kappa shape index (κ2) is 6.01. The van der Waals surface area contributed by atoms with Crippen molar-refractivity contribution < 1.29 is 8.91 Å². The molecule has 20 heavy (non-hydrogen) atoms. The lowest BCUT2D eigenvalue weighted by atomic mass is 9.96. The van der Waals surface area contributed by atoms with E-state index in [1.165, 1.54) is 18.9 Å². The fourth-order valence-electron chi connectivity index (χ4n) is 2.44. The van der Waals surface area contributed by atoms with E-state index in [1.807, 2.05) is 0 Å².